The van der Waals surface area contributed by atoms with E-state index in [0.717, 1.165) is 19.0 Å². The summed E-state index contributed by atoms with van der Waals surface area (Å²) in [7, 11) is 1.85. The van der Waals surface area contributed by atoms with Gasteiger partial charge in [-0.05, 0) is 49.6 Å². The molecule has 0 fully saturated rings. The van der Waals surface area contributed by atoms with Crippen LogP contribution in [0.5, 0.6) is 0 Å². The summed E-state index contributed by atoms with van der Waals surface area (Å²) in [5.74, 6) is 0. The maximum Gasteiger partial charge on any atom is 0.345 e. The smallest absolute Gasteiger partial charge is 0.345 e. The molecule has 30 heavy (non-hydrogen) atoms. The first-order chi connectivity index (χ1) is 14.4. The molecule has 0 aromatic carbocycles. The maximum atomic E-state index is 12.7. The number of hydrogen-bond donors (Lipinski definition) is 0. The number of carbonyl (C=O) groups is 1. The highest BCUT2D eigenvalue weighted by Crippen LogP contribution is 2.22. The van der Waals surface area contributed by atoms with Crippen LogP contribution in [0.4, 0.5) is 17.6 Å². The number of nitrogens with zero attached hydrogens (tertiary/aromatic N) is 3. The first-order valence-corrected chi connectivity index (χ1v) is 9.39. The molecule has 5 nitrogen and oxygen atoms in total. The summed E-state index contributed by atoms with van der Waals surface area (Å²) >= 11 is 0. The SMILES string of the molecule is CN(/C=C\c1nc(-c2ccc(C(F)F)cn2)ccc1C=O)CCCCCOC(F)F. The average molecular weight is 425 g/mol. The maximum absolute atomic E-state index is 12.7. The van der Waals surface area contributed by atoms with Crippen LogP contribution in [-0.2, 0) is 4.74 Å². The van der Waals surface area contributed by atoms with Crippen molar-refractivity contribution >= 4 is 12.4 Å². The molecule has 0 saturated carbocycles. The Balaban J connectivity index is 1.98. The Morgan fingerprint density at radius 2 is 1.83 bits per heavy atom. The summed E-state index contributed by atoms with van der Waals surface area (Å²) in [6.45, 7) is -2.01. The van der Waals surface area contributed by atoms with Crippen molar-refractivity contribution in [2.45, 2.75) is 32.3 Å². The van der Waals surface area contributed by atoms with Gasteiger partial charge in [-0.15, -0.1) is 0 Å². The van der Waals surface area contributed by atoms with Gasteiger partial charge in [-0.2, -0.15) is 8.78 Å². The number of unbranched alkanes of at least 4 members (excludes halogenated alkanes) is 2. The van der Waals surface area contributed by atoms with Gasteiger partial charge in [0, 0.05) is 37.1 Å². The van der Waals surface area contributed by atoms with Crippen LogP contribution in [0.2, 0.25) is 0 Å². The van der Waals surface area contributed by atoms with Gasteiger partial charge in [0.1, 0.15) is 0 Å². The standard InChI is InChI=1S/C21H23F4N3O2/c1-28(10-3-2-4-12-30-21(24)25)11-9-17-16(14-29)6-8-19(27-17)18-7-5-15(13-26-18)20(22)23/h5-9,11,13-14,20-21H,2-4,10,12H2,1H3/b11-9-. The van der Waals surface area contributed by atoms with Gasteiger partial charge < -0.3 is 9.64 Å². The zero-order valence-electron chi connectivity index (χ0n) is 16.5. The lowest BCUT2D eigenvalue weighted by molar-refractivity contribution is -0.129. The van der Waals surface area contributed by atoms with Crippen molar-refractivity contribution < 1.29 is 27.1 Å². The quantitative estimate of drug-likeness (QED) is 0.266. The molecule has 162 valence electrons. The third-order valence-electron chi connectivity index (χ3n) is 4.27. The van der Waals surface area contributed by atoms with Crippen LogP contribution in [0.3, 0.4) is 0 Å². The third kappa shape index (κ3) is 7.55. The van der Waals surface area contributed by atoms with Gasteiger partial charge in [-0.25, -0.2) is 13.8 Å². The van der Waals surface area contributed by atoms with Crippen molar-refractivity contribution in [3.8, 4) is 11.4 Å². The number of ether oxygens (including phenoxy) is 1. The number of rotatable bonds is 12. The van der Waals surface area contributed by atoms with E-state index in [9.17, 15) is 22.4 Å². The lowest BCUT2D eigenvalue weighted by Gasteiger charge is -2.14. The Bertz CT molecular complexity index is 830. The molecule has 2 aromatic heterocycles. The largest absolute Gasteiger partial charge is 0.380 e. The highest BCUT2D eigenvalue weighted by molar-refractivity contribution is 5.81. The van der Waals surface area contributed by atoms with E-state index in [-0.39, 0.29) is 12.2 Å². The summed E-state index contributed by atoms with van der Waals surface area (Å²) in [6, 6.07) is 5.96. The van der Waals surface area contributed by atoms with Crippen molar-refractivity contribution in [2.24, 2.45) is 0 Å². The first kappa shape index (κ1) is 23.5. The summed E-state index contributed by atoms with van der Waals surface area (Å²) in [5, 5.41) is 0. The molecule has 0 spiro atoms. The second kappa shape index (κ2) is 12.0. The number of halogens is 4. The van der Waals surface area contributed by atoms with Crippen LogP contribution in [0, 0.1) is 0 Å². The second-order valence-electron chi connectivity index (χ2n) is 6.55. The number of pyridine rings is 2. The molecule has 2 heterocycles. The van der Waals surface area contributed by atoms with Gasteiger partial charge in [-0.3, -0.25) is 9.78 Å². The fraction of sp³-hybridized carbons (Fsp3) is 0.381. The second-order valence-corrected chi connectivity index (χ2v) is 6.55. The lowest BCUT2D eigenvalue weighted by Crippen LogP contribution is -2.12. The molecule has 9 heteroatoms. The monoisotopic (exact) mass is 425 g/mol. The van der Waals surface area contributed by atoms with E-state index in [2.05, 4.69) is 14.7 Å². The number of hydrogen-bond acceptors (Lipinski definition) is 5. The summed E-state index contributed by atoms with van der Waals surface area (Å²) in [4.78, 5) is 21.6. The molecule has 0 aliphatic carbocycles. The van der Waals surface area contributed by atoms with E-state index in [1.165, 1.54) is 12.1 Å². The summed E-state index contributed by atoms with van der Waals surface area (Å²) in [5.41, 5.74) is 1.52. The fourth-order valence-electron chi connectivity index (χ4n) is 2.63. The van der Waals surface area contributed by atoms with E-state index >= 15 is 0 Å². The Hall–Kier alpha value is -2.81. The Labute approximate surface area is 172 Å². The molecule has 0 atom stereocenters. The van der Waals surface area contributed by atoms with Gasteiger partial charge in [0.2, 0.25) is 0 Å². The van der Waals surface area contributed by atoms with Crippen molar-refractivity contribution in [3.05, 3.63) is 53.5 Å². The van der Waals surface area contributed by atoms with Crippen LogP contribution in [0.1, 0.15) is 47.3 Å². The Morgan fingerprint density at radius 1 is 1.07 bits per heavy atom. The Morgan fingerprint density at radius 3 is 2.47 bits per heavy atom. The van der Waals surface area contributed by atoms with Crippen LogP contribution < -0.4 is 0 Å². The number of aldehydes is 1. The van der Waals surface area contributed by atoms with Crippen molar-refractivity contribution in [3.63, 3.8) is 0 Å². The minimum atomic E-state index is -2.73. The predicted octanol–water partition coefficient (Wildman–Crippen LogP) is 5.21. The molecule has 0 aliphatic heterocycles. The highest BCUT2D eigenvalue weighted by Gasteiger charge is 2.10. The van der Waals surface area contributed by atoms with E-state index in [1.807, 2.05) is 11.9 Å². The molecule has 0 N–H and O–H groups in total. The predicted molar refractivity (Wildman–Crippen MR) is 105 cm³/mol. The number of alkyl halides is 4. The van der Waals surface area contributed by atoms with Crippen LogP contribution >= 0.6 is 0 Å². The van der Waals surface area contributed by atoms with Crippen molar-refractivity contribution in [2.75, 3.05) is 20.2 Å². The normalized spacial score (nSPS) is 11.6. The molecular formula is C21H23F4N3O2. The lowest BCUT2D eigenvalue weighted by atomic mass is 10.1. The molecule has 0 amide bonds. The topological polar surface area (TPSA) is 55.3 Å². The molecule has 0 aliphatic rings. The number of aromatic nitrogens is 2. The summed E-state index contributed by atoms with van der Waals surface area (Å²) in [6.07, 6.45) is 4.74. The molecule has 0 radical (unpaired) electrons. The molecule has 0 bridgehead atoms. The van der Waals surface area contributed by atoms with Gasteiger partial charge in [0.05, 0.1) is 23.7 Å². The minimum Gasteiger partial charge on any atom is -0.380 e. The molecule has 0 unspecified atom stereocenters. The van der Waals surface area contributed by atoms with Gasteiger partial charge >= 0.3 is 6.61 Å². The molecule has 0 saturated heterocycles. The minimum absolute atomic E-state index is 0.0307. The van der Waals surface area contributed by atoms with Crippen LogP contribution in [-0.4, -0.2) is 48.0 Å². The van der Waals surface area contributed by atoms with E-state index in [0.29, 0.717) is 41.9 Å². The summed E-state index contributed by atoms with van der Waals surface area (Å²) < 4.78 is 53.3. The third-order valence-corrected chi connectivity index (χ3v) is 4.27. The van der Waals surface area contributed by atoms with Gasteiger partial charge in [-0.1, -0.05) is 0 Å². The number of carbonyl (C=O) groups excluding carboxylic acids is 1. The fourth-order valence-corrected chi connectivity index (χ4v) is 2.63. The van der Waals surface area contributed by atoms with Crippen LogP contribution in [0.15, 0.2) is 36.7 Å². The average Bonchev–Trinajstić information content (AvgIpc) is 2.74. The van der Waals surface area contributed by atoms with Crippen molar-refractivity contribution in [1.82, 2.24) is 14.9 Å². The van der Waals surface area contributed by atoms with Crippen LogP contribution in [0.25, 0.3) is 17.5 Å². The Kier molecular flexibility index (Phi) is 9.40. The molecular weight excluding hydrogens is 402 g/mol. The zero-order chi connectivity index (χ0) is 21.9. The van der Waals surface area contributed by atoms with Crippen molar-refractivity contribution in [1.29, 1.82) is 0 Å². The van der Waals surface area contributed by atoms with Gasteiger partial charge in [0.25, 0.3) is 6.43 Å². The van der Waals surface area contributed by atoms with E-state index in [4.69, 9.17) is 0 Å². The highest BCUT2D eigenvalue weighted by atomic mass is 19.3. The molecule has 2 rings (SSSR count). The zero-order valence-corrected chi connectivity index (χ0v) is 16.5. The van der Waals surface area contributed by atoms with Gasteiger partial charge in [0.15, 0.2) is 6.29 Å². The first-order valence-electron chi connectivity index (χ1n) is 9.39. The molecule has 2 aromatic rings. The van der Waals surface area contributed by atoms with E-state index < -0.39 is 13.0 Å². The van der Waals surface area contributed by atoms with E-state index in [1.54, 1.807) is 24.4 Å².